The van der Waals surface area contributed by atoms with Gasteiger partial charge in [0.15, 0.2) is 0 Å². The summed E-state index contributed by atoms with van der Waals surface area (Å²) in [6, 6.07) is 17.9. The van der Waals surface area contributed by atoms with Crippen LogP contribution in [0.5, 0.6) is 0 Å². The van der Waals surface area contributed by atoms with Crippen molar-refractivity contribution in [2.75, 3.05) is 13.1 Å². The molecule has 1 aliphatic heterocycles. The Labute approximate surface area is 159 Å². The predicted molar refractivity (Wildman–Crippen MR) is 107 cm³/mol. The number of H-pyrrole nitrogens is 1. The molecular formula is C22H25N3O2. The normalized spacial score (nSPS) is 17.2. The topological polar surface area (TPSA) is 58.2 Å². The van der Waals surface area contributed by atoms with Crippen molar-refractivity contribution in [3.05, 3.63) is 76.3 Å². The number of nitrogens with one attached hydrogen (secondary N) is 1. The largest absolute Gasteiger partial charge is 0.373 e. The third-order valence-electron chi connectivity index (χ3n) is 5.38. The number of nitrogens with zero attached hydrogens (tertiary/aromatic N) is 2. The Morgan fingerprint density at radius 3 is 2.59 bits per heavy atom. The fourth-order valence-corrected chi connectivity index (χ4v) is 3.69. The van der Waals surface area contributed by atoms with E-state index in [4.69, 9.17) is 4.74 Å². The molecule has 1 fully saturated rings. The molecule has 0 aliphatic carbocycles. The van der Waals surface area contributed by atoms with E-state index >= 15 is 0 Å². The van der Waals surface area contributed by atoms with Crippen LogP contribution in [0.25, 0.3) is 10.9 Å². The van der Waals surface area contributed by atoms with Gasteiger partial charge in [-0.15, -0.1) is 0 Å². The number of likely N-dealkylation sites (tertiary alicyclic amines) is 1. The molecular weight excluding hydrogens is 338 g/mol. The van der Waals surface area contributed by atoms with Gasteiger partial charge in [-0.25, -0.2) is 4.98 Å². The molecule has 1 saturated heterocycles. The van der Waals surface area contributed by atoms with Gasteiger partial charge >= 0.3 is 0 Å². The zero-order chi connectivity index (χ0) is 18.6. The average molecular weight is 363 g/mol. The molecule has 3 aromatic rings. The van der Waals surface area contributed by atoms with Crippen LogP contribution in [0.3, 0.4) is 0 Å². The van der Waals surface area contributed by atoms with Crippen LogP contribution in [0.15, 0.2) is 59.4 Å². The highest BCUT2D eigenvalue weighted by atomic mass is 16.5. The summed E-state index contributed by atoms with van der Waals surface area (Å²) < 4.78 is 6.08. The summed E-state index contributed by atoms with van der Waals surface area (Å²) in [6.07, 6.45) is 2.28. The number of hydrogen-bond donors (Lipinski definition) is 1. The lowest BCUT2D eigenvalue weighted by molar-refractivity contribution is -0.0105. The van der Waals surface area contributed by atoms with Gasteiger partial charge in [0.2, 0.25) is 0 Å². The number of hydrogen-bond acceptors (Lipinski definition) is 4. The minimum atomic E-state index is -0.0662. The number of piperidine rings is 1. The van der Waals surface area contributed by atoms with Crippen LogP contribution >= 0.6 is 0 Å². The second-order valence-corrected chi connectivity index (χ2v) is 7.18. The van der Waals surface area contributed by atoms with Crippen molar-refractivity contribution < 1.29 is 4.74 Å². The van der Waals surface area contributed by atoms with Crippen LogP contribution < -0.4 is 5.56 Å². The Hall–Kier alpha value is -2.50. The fourth-order valence-electron chi connectivity index (χ4n) is 3.69. The Morgan fingerprint density at radius 1 is 1.11 bits per heavy atom. The second-order valence-electron chi connectivity index (χ2n) is 7.18. The van der Waals surface area contributed by atoms with E-state index in [1.165, 1.54) is 5.56 Å². The Morgan fingerprint density at radius 2 is 1.81 bits per heavy atom. The third kappa shape index (κ3) is 4.10. The summed E-state index contributed by atoms with van der Waals surface area (Å²) in [7, 11) is 0. The van der Waals surface area contributed by atoms with Gasteiger partial charge in [0.25, 0.3) is 5.56 Å². The monoisotopic (exact) mass is 363 g/mol. The summed E-state index contributed by atoms with van der Waals surface area (Å²) >= 11 is 0. The van der Waals surface area contributed by atoms with Gasteiger partial charge in [0, 0.05) is 13.1 Å². The van der Waals surface area contributed by atoms with Crippen molar-refractivity contribution in [3.63, 3.8) is 0 Å². The molecule has 0 spiro atoms. The summed E-state index contributed by atoms with van der Waals surface area (Å²) in [5.74, 6) is 0.738. The summed E-state index contributed by atoms with van der Waals surface area (Å²) in [5.41, 5.74) is 1.90. The molecule has 5 heteroatoms. The smallest absolute Gasteiger partial charge is 0.258 e. The lowest BCUT2D eigenvalue weighted by Gasteiger charge is -2.35. The highest BCUT2D eigenvalue weighted by molar-refractivity contribution is 5.77. The van der Waals surface area contributed by atoms with Crippen LogP contribution in [0.1, 0.15) is 37.2 Å². The fraction of sp³-hybridized carbons (Fsp3) is 0.364. The van der Waals surface area contributed by atoms with Crippen molar-refractivity contribution in [2.45, 2.75) is 38.5 Å². The number of benzene rings is 2. The van der Waals surface area contributed by atoms with E-state index in [-0.39, 0.29) is 17.7 Å². The lowest BCUT2D eigenvalue weighted by Crippen LogP contribution is -2.39. The van der Waals surface area contributed by atoms with E-state index in [0.29, 0.717) is 12.0 Å². The van der Waals surface area contributed by atoms with Crippen LogP contribution in [-0.2, 0) is 11.3 Å². The molecule has 1 aliphatic rings. The van der Waals surface area contributed by atoms with E-state index in [1.54, 1.807) is 0 Å². The first-order valence-corrected chi connectivity index (χ1v) is 9.59. The SMILES string of the molecule is C[C@H](c1nc2ccccc2c(=O)[nH]1)N1CCC(OCc2ccccc2)CC1. The number of ether oxygens (including phenoxy) is 1. The van der Waals surface area contributed by atoms with Crippen molar-refractivity contribution in [2.24, 2.45) is 0 Å². The van der Waals surface area contributed by atoms with E-state index in [0.717, 1.165) is 37.3 Å². The predicted octanol–water partition coefficient (Wildman–Crippen LogP) is 3.67. The zero-order valence-electron chi connectivity index (χ0n) is 15.6. The van der Waals surface area contributed by atoms with E-state index in [9.17, 15) is 4.79 Å². The molecule has 1 aromatic heterocycles. The Bertz CT molecular complexity index is 946. The molecule has 0 bridgehead atoms. The molecule has 0 saturated carbocycles. The number of aromatic nitrogens is 2. The number of rotatable bonds is 5. The molecule has 1 N–H and O–H groups in total. The third-order valence-corrected chi connectivity index (χ3v) is 5.38. The highest BCUT2D eigenvalue weighted by Crippen LogP contribution is 2.24. The van der Waals surface area contributed by atoms with E-state index in [2.05, 4.69) is 33.9 Å². The number of aromatic amines is 1. The second kappa shape index (κ2) is 8.03. The molecule has 4 rings (SSSR count). The maximum absolute atomic E-state index is 12.3. The quantitative estimate of drug-likeness (QED) is 0.751. The molecule has 1 atom stereocenters. The Balaban J connectivity index is 1.37. The molecule has 0 unspecified atom stereocenters. The van der Waals surface area contributed by atoms with Crippen LogP contribution in [-0.4, -0.2) is 34.1 Å². The molecule has 27 heavy (non-hydrogen) atoms. The van der Waals surface area contributed by atoms with Crippen molar-refractivity contribution >= 4 is 10.9 Å². The maximum Gasteiger partial charge on any atom is 0.258 e. The number of fused-ring (bicyclic) bond motifs is 1. The zero-order valence-corrected chi connectivity index (χ0v) is 15.6. The molecule has 0 radical (unpaired) electrons. The van der Waals surface area contributed by atoms with Crippen LogP contribution in [0, 0.1) is 0 Å². The molecule has 2 heterocycles. The summed E-state index contributed by atoms with van der Waals surface area (Å²) in [4.78, 5) is 22.3. The minimum absolute atomic E-state index is 0.0662. The molecule has 140 valence electrons. The van der Waals surface area contributed by atoms with Crippen LogP contribution in [0.2, 0.25) is 0 Å². The van der Waals surface area contributed by atoms with Gasteiger partial charge in [-0.2, -0.15) is 0 Å². The minimum Gasteiger partial charge on any atom is -0.373 e. The highest BCUT2D eigenvalue weighted by Gasteiger charge is 2.25. The van der Waals surface area contributed by atoms with Crippen LogP contribution in [0.4, 0.5) is 0 Å². The van der Waals surface area contributed by atoms with Gasteiger partial charge in [0.1, 0.15) is 5.82 Å². The van der Waals surface area contributed by atoms with Crippen molar-refractivity contribution in [3.8, 4) is 0 Å². The lowest BCUT2D eigenvalue weighted by atomic mass is 10.1. The Kier molecular flexibility index (Phi) is 5.32. The van der Waals surface area contributed by atoms with Crippen molar-refractivity contribution in [1.82, 2.24) is 14.9 Å². The summed E-state index contributed by atoms with van der Waals surface area (Å²) in [6.45, 7) is 4.66. The summed E-state index contributed by atoms with van der Waals surface area (Å²) in [5, 5.41) is 0.640. The van der Waals surface area contributed by atoms with Gasteiger partial charge in [-0.3, -0.25) is 9.69 Å². The first kappa shape index (κ1) is 17.9. The van der Waals surface area contributed by atoms with E-state index in [1.807, 2.05) is 42.5 Å². The molecule has 5 nitrogen and oxygen atoms in total. The maximum atomic E-state index is 12.3. The average Bonchev–Trinajstić information content (AvgIpc) is 2.73. The standard InChI is InChI=1S/C22H25N3O2/c1-16(21-23-20-10-6-5-9-19(20)22(26)24-21)25-13-11-18(12-14-25)27-15-17-7-3-2-4-8-17/h2-10,16,18H,11-15H2,1H3,(H,23,24,26)/t16-/m1/s1. The molecule has 0 amide bonds. The van der Waals surface area contributed by atoms with Crippen molar-refractivity contribution in [1.29, 1.82) is 0 Å². The van der Waals surface area contributed by atoms with Gasteiger partial charge in [-0.05, 0) is 37.5 Å². The van der Waals surface area contributed by atoms with Gasteiger partial charge in [0.05, 0.1) is 29.7 Å². The number of para-hydroxylation sites is 1. The first-order valence-electron chi connectivity index (χ1n) is 9.59. The molecule has 2 aromatic carbocycles. The van der Waals surface area contributed by atoms with Gasteiger partial charge < -0.3 is 9.72 Å². The first-order chi connectivity index (χ1) is 13.2. The van der Waals surface area contributed by atoms with E-state index < -0.39 is 0 Å². The van der Waals surface area contributed by atoms with Gasteiger partial charge in [-0.1, -0.05) is 42.5 Å².